The molecule has 1 fully saturated rings. The fourth-order valence-electron chi connectivity index (χ4n) is 2.88. The molecule has 4 nitrogen and oxygen atoms in total. The lowest BCUT2D eigenvalue weighted by Gasteiger charge is -2.23. The van der Waals surface area contributed by atoms with Gasteiger partial charge in [0, 0.05) is 30.2 Å². The Balaban J connectivity index is 1.92. The Morgan fingerprint density at radius 3 is 2.65 bits per heavy atom. The molecule has 1 aliphatic heterocycles. The van der Waals surface area contributed by atoms with Gasteiger partial charge < -0.3 is 4.90 Å². The molecule has 1 atom stereocenters. The number of likely N-dealkylation sites (tertiary alicyclic amines) is 1. The molecule has 2 heterocycles. The Kier molecular flexibility index (Phi) is 4.86. The van der Waals surface area contributed by atoms with Crippen molar-refractivity contribution >= 4 is 0 Å². The van der Waals surface area contributed by atoms with E-state index < -0.39 is 0 Å². The number of aromatic amines is 1. The summed E-state index contributed by atoms with van der Waals surface area (Å²) >= 11 is 0. The zero-order chi connectivity index (χ0) is 14.8. The summed E-state index contributed by atoms with van der Waals surface area (Å²) in [6.45, 7) is 10.0. The first-order chi connectivity index (χ1) is 9.36. The fraction of sp³-hybridized carbons (Fsp3) is 0.812. The lowest BCUT2D eigenvalue weighted by Crippen LogP contribution is -2.30. The molecule has 20 heavy (non-hydrogen) atoms. The van der Waals surface area contributed by atoms with Gasteiger partial charge in [0.2, 0.25) is 0 Å². The van der Waals surface area contributed by atoms with Crippen molar-refractivity contribution < 1.29 is 0 Å². The normalized spacial score (nSPS) is 22.2. The highest BCUT2D eigenvalue weighted by Crippen LogP contribution is 2.21. The molecule has 0 spiro atoms. The SMILES string of the molecule is CN(C)[C@@H]1CCCN(Cc2cc(C(C)(C)C)n[nH]2)CC1. The second kappa shape index (κ2) is 6.27. The highest BCUT2D eigenvalue weighted by atomic mass is 15.2. The van der Waals surface area contributed by atoms with Gasteiger partial charge in [-0.1, -0.05) is 20.8 Å². The molecular weight excluding hydrogens is 248 g/mol. The zero-order valence-corrected chi connectivity index (χ0v) is 13.7. The minimum atomic E-state index is 0.129. The van der Waals surface area contributed by atoms with Crippen LogP contribution in [0.5, 0.6) is 0 Å². The van der Waals surface area contributed by atoms with Crippen LogP contribution in [0.15, 0.2) is 6.07 Å². The molecule has 0 aromatic carbocycles. The minimum absolute atomic E-state index is 0.129. The summed E-state index contributed by atoms with van der Waals surface area (Å²) in [5.74, 6) is 0. The second-order valence-electron chi connectivity index (χ2n) is 7.35. The van der Waals surface area contributed by atoms with Crippen LogP contribution in [0.3, 0.4) is 0 Å². The van der Waals surface area contributed by atoms with Crippen molar-refractivity contribution in [2.45, 2.75) is 58.0 Å². The Morgan fingerprint density at radius 2 is 2.05 bits per heavy atom. The van der Waals surface area contributed by atoms with Crippen molar-refractivity contribution in [1.29, 1.82) is 0 Å². The Hall–Kier alpha value is -0.870. The Labute approximate surface area is 123 Å². The van der Waals surface area contributed by atoms with Crippen molar-refractivity contribution in [2.24, 2.45) is 0 Å². The van der Waals surface area contributed by atoms with E-state index in [1.54, 1.807) is 0 Å². The van der Waals surface area contributed by atoms with Crippen LogP contribution >= 0.6 is 0 Å². The van der Waals surface area contributed by atoms with Crippen LogP contribution in [0.4, 0.5) is 0 Å². The smallest absolute Gasteiger partial charge is 0.0678 e. The minimum Gasteiger partial charge on any atom is -0.306 e. The van der Waals surface area contributed by atoms with Gasteiger partial charge in [0.15, 0.2) is 0 Å². The van der Waals surface area contributed by atoms with Crippen molar-refractivity contribution in [1.82, 2.24) is 20.0 Å². The van der Waals surface area contributed by atoms with Gasteiger partial charge in [0.25, 0.3) is 0 Å². The van der Waals surface area contributed by atoms with E-state index in [1.807, 2.05) is 0 Å². The van der Waals surface area contributed by atoms with E-state index in [2.05, 4.69) is 60.9 Å². The number of rotatable bonds is 3. The summed E-state index contributed by atoms with van der Waals surface area (Å²) in [5, 5.41) is 7.67. The van der Waals surface area contributed by atoms with E-state index in [-0.39, 0.29) is 5.41 Å². The summed E-state index contributed by atoms with van der Waals surface area (Å²) in [5.41, 5.74) is 2.54. The Morgan fingerprint density at radius 1 is 1.30 bits per heavy atom. The van der Waals surface area contributed by atoms with Crippen LogP contribution in [-0.4, -0.2) is 53.2 Å². The highest BCUT2D eigenvalue weighted by Gasteiger charge is 2.21. The number of H-pyrrole nitrogens is 1. The molecule has 0 aliphatic carbocycles. The predicted octanol–water partition coefficient (Wildman–Crippen LogP) is 2.62. The number of nitrogens with one attached hydrogen (secondary N) is 1. The third-order valence-corrected chi connectivity index (χ3v) is 4.31. The number of aromatic nitrogens is 2. The van der Waals surface area contributed by atoms with Crippen LogP contribution in [0, 0.1) is 0 Å². The molecule has 0 bridgehead atoms. The topological polar surface area (TPSA) is 35.2 Å². The molecule has 2 rings (SSSR count). The van der Waals surface area contributed by atoms with Gasteiger partial charge in [-0.25, -0.2) is 0 Å². The molecular formula is C16H30N4. The van der Waals surface area contributed by atoms with Gasteiger partial charge in [-0.05, 0) is 46.0 Å². The Bertz CT molecular complexity index is 416. The first-order valence-electron chi connectivity index (χ1n) is 7.80. The predicted molar refractivity (Wildman–Crippen MR) is 83.9 cm³/mol. The average molecular weight is 278 g/mol. The van der Waals surface area contributed by atoms with E-state index in [4.69, 9.17) is 0 Å². The van der Waals surface area contributed by atoms with Crippen molar-refractivity contribution in [2.75, 3.05) is 27.2 Å². The number of hydrogen-bond donors (Lipinski definition) is 1. The lowest BCUT2D eigenvalue weighted by molar-refractivity contribution is 0.244. The maximum atomic E-state index is 4.46. The summed E-state index contributed by atoms with van der Waals surface area (Å²) in [4.78, 5) is 4.93. The van der Waals surface area contributed by atoms with Crippen LogP contribution in [0.25, 0.3) is 0 Å². The summed E-state index contributed by atoms with van der Waals surface area (Å²) in [7, 11) is 4.40. The van der Waals surface area contributed by atoms with Crippen molar-refractivity contribution in [3.8, 4) is 0 Å². The highest BCUT2D eigenvalue weighted by molar-refractivity contribution is 5.16. The van der Waals surface area contributed by atoms with E-state index in [0.29, 0.717) is 0 Å². The zero-order valence-electron chi connectivity index (χ0n) is 13.7. The quantitative estimate of drug-likeness (QED) is 0.923. The van der Waals surface area contributed by atoms with Gasteiger partial charge in [-0.15, -0.1) is 0 Å². The standard InChI is InChI=1S/C16H30N4/c1-16(2,3)15-11-13(17-18-15)12-20-9-6-7-14(8-10-20)19(4)5/h11,14H,6-10,12H2,1-5H3,(H,17,18)/t14-/m1/s1. The monoisotopic (exact) mass is 278 g/mol. The maximum Gasteiger partial charge on any atom is 0.0678 e. The van der Waals surface area contributed by atoms with E-state index >= 15 is 0 Å². The molecule has 1 N–H and O–H groups in total. The van der Waals surface area contributed by atoms with Gasteiger partial charge in [-0.2, -0.15) is 5.10 Å². The molecule has 114 valence electrons. The number of nitrogens with zero attached hydrogens (tertiary/aromatic N) is 3. The van der Waals surface area contributed by atoms with Gasteiger partial charge in [0.1, 0.15) is 0 Å². The third kappa shape index (κ3) is 4.06. The molecule has 1 saturated heterocycles. The molecule has 0 amide bonds. The fourth-order valence-corrected chi connectivity index (χ4v) is 2.88. The molecule has 1 aromatic rings. The van der Waals surface area contributed by atoms with Crippen LogP contribution < -0.4 is 0 Å². The largest absolute Gasteiger partial charge is 0.306 e. The van der Waals surface area contributed by atoms with Gasteiger partial charge in [-0.3, -0.25) is 10.00 Å². The molecule has 1 aromatic heterocycles. The summed E-state index contributed by atoms with van der Waals surface area (Å²) < 4.78 is 0. The van der Waals surface area contributed by atoms with E-state index in [0.717, 1.165) is 18.3 Å². The first kappa shape index (κ1) is 15.5. The van der Waals surface area contributed by atoms with Gasteiger partial charge >= 0.3 is 0 Å². The molecule has 0 radical (unpaired) electrons. The van der Waals surface area contributed by atoms with Crippen LogP contribution in [0.2, 0.25) is 0 Å². The lowest BCUT2D eigenvalue weighted by atomic mass is 9.92. The van der Waals surface area contributed by atoms with Crippen LogP contribution in [-0.2, 0) is 12.0 Å². The van der Waals surface area contributed by atoms with Gasteiger partial charge in [0.05, 0.1) is 5.69 Å². The average Bonchev–Trinajstić information content (AvgIpc) is 2.68. The first-order valence-corrected chi connectivity index (χ1v) is 7.80. The summed E-state index contributed by atoms with van der Waals surface area (Å²) in [6, 6.07) is 2.97. The van der Waals surface area contributed by atoms with E-state index in [9.17, 15) is 0 Å². The molecule has 1 aliphatic rings. The van der Waals surface area contributed by atoms with E-state index in [1.165, 1.54) is 38.0 Å². The second-order valence-corrected chi connectivity index (χ2v) is 7.35. The molecule has 4 heteroatoms. The van der Waals surface area contributed by atoms with Crippen LogP contribution in [0.1, 0.15) is 51.4 Å². The number of hydrogen-bond acceptors (Lipinski definition) is 3. The van der Waals surface area contributed by atoms with Crippen molar-refractivity contribution in [3.05, 3.63) is 17.5 Å². The maximum absolute atomic E-state index is 4.46. The van der Waals surface area contributed by atoms with Crippen molar-refractivity contribution in [3.63, 3.8) is 0 Å². The summed E-state index contributed by atoms with van der Waals surface area (Å²) in [6.07, 6.45) is 3.89. The molecule has 0 saturated carbocycles. The molecule has 0 unspecified atom stereocenters. The third-order valence-electron chi connectivity index (χ3n) is 4.31.